The van der Waals surface area contributed by atoms with E-state index in [0.29, 0.717) is 18.8 Å². The summed E-state index contributed by atoms with van der Waals surface area (Å²) in [7, 11) is 0. The molecule has 0 unspecified atom stereocenters. The topological polar surface area (TPSA) is 35.5 Å². The number of benzene rings is 3. The Hall–Kier alpha value is -3.07. The lowest BCUT2D eigenvalue weighted by Crippen LogP contribution is -2.05. The minimum Gasteiger partial charge on any atom is -0.493 e. The molecule has 0 N–H and O–H groups in total. The van der Waals surface area contributed by atoms with Crippen molar-refractivity contribution in [2.75, 3.05) is 6.61 Å². The van der Waals surface area contributed by atoms with Gasteiger partial charge in [0.05, 0.1) is 6.61 Å². The molecule has 3 rings (SSSR count). The maximum absolute atomic E-state index is 11.1. The summed E-state index contributed by atoms with van der Waals surface area (Å²) in [5.41, 5.74) is 2.71. The molecule has 3 heteroatoms. The molecule has 0 aliphatic rings. The van der Waals surface area contributed by atoms with E-state index in [1.807, 2.05) is 60.7 Å². The Balaban J connectivity index is 1.66. The van der Waals surface area contributed by atoms with Gasteiger partial charge in [-0.1, -0.05) is 48.5 Å². The third kappa shape index (κ3) is 4.95. The van der Waals surface area contributed by atoms with Gasteiger partial charge in [0, 0.05) is 17.5 Å². The predicted octanol–water partition coefficient (Wildman–Crippen LogP) is 4.70. The molecule has 0 amide bonds. The molecule has 0 aromatic heterocycles. The number of hydrogen-bond acceptors (Lipinski definition) is 3. The molecule has 3 aromatic carbocycles. The van der Waals surface area contributed by atoms with Gasteiger partial charge in [0.15, 0.2) is 0 Å². The lowest BCUT2D eigenvalue weighted by molar-refractivity contribution is 0.112. The molecule has 0 spiro atoms. The fourth-order valence-electron chi connectivity index (χ4n) is 2.53. The van der Waals surface area contributed by atoms with Crippen LogP contribution in [0.15, 0.2) is 78.9 Å². The number of carbonyl (C=O) groups excluding carboxylic acids is 1. The average molecular weight is 332 g/mol. The molecule has 0 atom stereocenters. The van der Waals surface area contributed by atoms with E-state index < -0.39 is 0 Å². The molecule has 0 fully saturated rings. The van der Waals surface area contributed by atoms with Gasteiger partial charge in [0.25, 0.3) is 0 Å². The maximum Gasteiger partial charge on any atom is 0.150 e. The SMILES string of the molecule is O=Cc1ccc(OCCc2ccccc2)c(COc2ccccc2)c1. The Morgan fingerprint density at radius 3 is 2.24 bits per heavy atom. The first-order chi connectivity index (χ1) is 12.3. The van der Waals surface area contributed by atoms with E-state index in [2.05, 4.69) is 12.1 Å². The van der Waals surface area contributed by atoms with Crippen molar-refractivity contribution in [3.63, 3.8) is 0 Å². The molecule has 25 heavy (non-hydrogen) atoms. The van der Waals surface area contributed by atoms with E-state index >= 15 is 0 Å². The molecule has 0 saturated heterocycles. The number of hydrogen-bond donors (Lipinski definition) is 0. The minimum atomic E-state index is 0.354. The molecular weight excluding hydrogens is 312 g/mol. The molecule has 0 radical (unpaired) electrons. The van der Waals surface area contributed by atoms with Crippen molar-refractivity contribution in [2.24, 2.45) is 0 Å². The Morgan fingerprint density at radius 1 is 0.800 bits per heavy atom. The standard InChI is InChI=1S/C22H20O3/c23-16-19-11-12-22(24-14-13-18-7-3-1-4-8-18)20(15-19)17-25-21-9-5-2-6-10-21/h1-12,15-16H,13-14,17H2. The monoisotopic (exact) mass is 332 g/mol. The third-order valence-electron chi connectivity index (χ3n) is 3.85. The third-order valence-corrected chi connectivity index (χ3v) is 3.85. The quantitative estimate of drug-likeness (QED) is 0.561. The maximum atomic E-state index is 11.1. The molecule has 0 heterocycles. The largest absolute Gasteiger partial charge is 0.493 e. The predicted molar refractivity (Wildman–Crippen MR) is 98.2 cm³/mol. The fraction of sp³-hybridized carbons (Fsp3) is 0.136. The van der Waals surface area contributed by atoms with Crippen LogP contribution < -0.4 is 9.47 Å². The zero-order valence-electron chi connectivity index (χ0n) is 13.9. The molecular formula is C22H20O3. The van der Waals surface area contributed by atoms with Crippen LogP contribution >= 0.6 is 0 Å². The van der Waals surface area contributed by atoms with Gasteiger partial charge in [-0.25, -0.2) is 0 Å². The van der Waals surface area contributed by atoms with Crippen LogP contribution in [0.4, 0.5) is 0 Å². The first-order valence-corrected chi connectivity index (χ1v) is 8.28. The van der Waals surface area contributed by atoms with E-state index in [1.54, 1.807) is 6.07 Å². The zero-order valence-corrected chi connectivity index (χ0v) is 13.9. The van der Waals surface area contributed by atoms with Crippen molar-refractivity contribution in [2.45, 2.75) is 13.0 Å². The highest BCUT2D eigenvalue weighted by atomic mass is 16.5. The zero-order chi connectivity index (χ0) is 17.3. The van der Waals surface area contributed by atoms with Crippen molar-refractivity contribution < 1.29 is 14.3 Å². The number of para-hydroxylation sites is 1. The van der Waals surface area contributed by atoms with Crippen LogP contribution in [-0.2, 0) is 13.0 Å². The van der Waals surface area contributed by atoms with Gasteiger partial charge in [-0.3, -0.25) is 4.79 Å². The Bertz CT molecular complexity index is 798. The summed E-state index contributed by atoms with van der Waals surface area (Å²) in [6.45, 7) is 0.926. The molecule has 0 bridgehead atoms. The fourth-order valence-corrected chi connectivity index (χ4v) is 2.53. The van der Waals surface area contributed by atoms with Crippen LogP contribution in [-0.4, -0.2) is 12.9 Å². The van der Waals surface area contributed by atoms with Crippen LogP contribution in [0.2, 0.25) is 0 Å². The molecule has 0 aliphatic carbocycles. The Morgan fingerprint density at radius 2 is 1.52 bits per heavy atom. The van der Waals surface area contributed by atoms with Crippen molar-refractivity contribution in [1.29, 1.82) is 0 Å². The van der Waals surface area contributed by atoms with Gasteiger partial charge in [-0.15, -0.1) is 0 Å². The van der Waals surface area contributed by atoms with Crippen molar-refractivity contribution in [1.82, 2.24) is 0 Å². The van der Waals surface area contributed by atoms with Gasteiger partial charge in [-0.05, 0) is 35.9 Å². The highest BCUT2D eigenvalue weighted by Crippen LogP contribution is 2.22. The second kappa shape index (κ2) is 8.69. The number of ether oxygens (including phenoxy) is 2. The van der Waals surface area contributed by atoms with Crippen LogP contribution in [0.3, 0.4) is 0 Å². The number of rotatable bonds is 8. The van der Waals surface area contributed by atoms with Crippen LogP contribution in [0.25, 0.3) is 0 Å². The van der Waals surface area contributed by atoms with E-state index in [4.69, 9.17) is 9.47 Å². The Labute approximate surface area is 147 Å². The second-order valence-electron chi connectivity index (χ2n) is 5.67. The normalized spacial score (nSPS) is 10.2. The molecule has 126 valence electrons. The molecule has 3 aromatic rings. The number of carbonyl (C=O) groups is 1. The highest BCUT2D eigenvalue weighted by Gasteiger charge is 2.07. The first-order valence-electron chi connectivity index (χ1n) is 8.28. The van der Waals surface area contributed by atoms with E-state index in [0.717, 1.165) is 29.8 Å². The van der Waals surface area contributed by atoms with Crippen molar-refractivity contribution >= 4 is 6.29 Å². The summed E-state index contributed by atoms with van der Waals surface area (Å²) in [5, 5.41) is 0. The summed E-state index contributed by atoms with van der Waals surface area (Å²) in [5.74, 6) is 1.53. The second-order valence-corrected chi connectivity index (χ2v) is 5.67. The van der Waals surface area contributed by atoms with Crippen molar-refractivity contribution in [3.05, 3.63) is 95.6 Å². The average Bonchev–Trinajstić information content (AvgIpc) is 2.68. The first kappa shape index (κ1) is 16.8. The smallest absolute Gasteiger partial charge is 0.150 e. The van der Waals surface area contributed by atoms with E-state index in [9.17, 15) is 4.79 Å². The van der Waals surface area contributed by atoms with Crippen LogP contribution in [0.1, 0.15) is 21.5 Å². The van der Waals surface area contributed by atoms with Gasteiger partial charge in [-0.2, -0.15) is 0 Å². The van der Waals surface area contributed by atoms with Gasteiger partial charge in [0.2, 0.25) is 0 Å². The summed E-state index contributed by atoms with van der Waals surface area (Å²) in [6, 6.07) is 25.2. The lowest BCUT2D eigenvalue weighted by Gasteiger charge is -2.13. The van der Waals surface area contributed by atoms with Crippen LogP contribution in [0.5, 0.6) is 11.5 Å². The summed E-state index contributed by atoms with van der Waals surface area (Å²) in [6.07, 6.45) is 1.66. The molecule has 3 nitrogen and oxygen atoms in total. The molecule has 0 aliphatic heterocycles. The van der Waals surface area contributed by atoms with Gasteiger partial charge in [0.1, 0.15) is 24.4 Å². The van der Waals surface area contributed by atoms with Gasteiger partial charge < -0.3 is 9.47 Å². The minimum absolute atomic E-state index is 0.354. The van der Waals surface area contributed by atoms with E-state index in [-0.39, 0.29) is 0 Å². The Kier molecular flexibility index (Phi) is 5.83. The summed E-state index contributed by atoms with van der Waals surface area (Å²) in [4.78, 5) is 11.1. The van der Waals surface area contributed by atoms with Crippen molar-refractivity contribution in [3.8, 4) is 11.5 Å². The summed E-state index contributed by atoms with van der Waals surface area (Å²) < 4.78 is 11.7. The lowest BCUT2D eigenvalue weighted by atomic mass is 10.1. The highest BCUT2D eigenvalue weighted by molar-refractivity contribution is 5.75. The van der Waals surface area contributed by atoms with Crippen LogP contribution in [0, 0.1) is 0 Å². The number of aldehydes is 1. The van der Waals surface area contributed by atoms with Gasteiger partial charge >= 0.3 is 0 Å². The molecule has 0 saturated carbocycles. The summed E-state index contributed by atoms with van der Waals surface area (Å²) >= 11 is 0. The van der Waals surface area contributed by atoms with E-state index in [1.165, 1.54) is 5.56 Å².